The van der Waals surface area contributed by atoms with Crippen molar-refractivity contribution in [2.75, 3.05) is 26.7 Å². The number of nitrogens with zero attached hydrogens (tertiary/aromatic N) is 2. The Morgan fingerprint density at radius 3 is 2.53 bits per heavy atom. The van der Waals surface area contributed by atoms with E-state index < -0.39 is 0 Å². The highest BCUT2D eigenvalue weighted by molar-refractivity contribution is 5.21. The van der Waals surface area contributed by atoms with Gasteiger partial charge in [-0.2, -0.15) is 0 Å². The second kappa shape index (κ2) is 6.51. The largest absolute Gasteiger partial charge is 0.396 e. The Balaban J connectivity index is 2.04. The fourth-order valence-corrected chi connectivity index (χ4v) is 2.80. The number of hydrogen-bond acceptors (Lipinski definition) is 3. The van der Waals surface area contributed by atoms with Crippen molar-refractivity contribution in [1.29, 1.82) is 0 Å². The molecule has 3 heteroatoms. The lowest BCUT2D eigenvalue weighted by Crippen LogP contribution is -2.55. The number of likely N-dealkylation sites (N-methyl/N-ethyl adjacent to an activating group) is 1. The second-order valence-electron chi connectivity index (χ2n) is 5.87. The third kappa shape index (κ3) is 3.78. The molecule has 1 aromatic carbocycles. The maximum atomic E-state index is 9.25. The van der Waals surface area contributed by atoms with Gasteiger partial charge < -0.3 is 10.0 Å². The number of piperazine rings is 1. The molecule has 106 valence electrons. The third-order valence-corrected chi connectivity index (χ3v) is 4.23. The van der Waals surface area contributed by atoms with Gasteiger partial charge in [0.15, 0.2) is 0 Å². The molecule has 1 saturated heterocycles. The first-order chi connectivity index (χ1) is 9.10. The second-order valence-corrected chi connectivity index (χ2v) is 5.87. The van der Waals surface area contributed by atoms with Crippen LogP contribution < -0.4 is 0 Å². The minimum absolute atomic E-state index is 0.275. The average molecular weight is 262 g/mol. The first-order valence-electron chi connectivity index (χ1n) is 7.21. The highest BCUT2D eigenvalue weighted by Crippen LogP contribution is 2.19. The Labute approximate surface area is 116 Å². The molecular weight excluding hydrogens is 236 g/mol. The molecule has 2 unspecified atom stereocenters. The molecule has 2 atom stereocenters. The number of aliphatic hydroxyl groups excluding tert-OH is 1. The zero-order valence-electron chi connectivity index (χ0n) is 12.3. The summed E-state index contributed by atoms with van der Waals surface area (Å²) in [7, 11) is 2.18. The van der Waals surface area contributed by atoms with Gasteiger partial charge in [0.25, 0.3) is 0 Å². The normalized spacial score (nSPS) is 25.7. The van der Waals surface area contributed by atoms with Crippen molar-refractivity contribution in [3.63, 3.8) is 0 Å². The number of aliphatic hydroxyl groups is 1. The molecule has 0 saturated carbocycles. The number of benzene rings is 1. The van der Waals surface area contributed by atoms with Crippen LogP contribution >= 0.6 is 0 Å². The Morgan fingerprint density at radius 2 is 1.89 bits per heavy atom. The van der Waals surface area contributed by atoms with Gasteiger partial charge in [0.2, 0.25) is 0 Å². The molecule has 2 rings (SSSR count). The van der Waals surface area contributed by atoms with Crippen molar-refractivity contribution in [1.82, 2.24) is 9.80 Å². The summed E-state index contributed by atoms with van der Waals surface area (Å²) in [4.78, 5) is 4.91. The molecule has 0 aromatic heterocycles. The van der Waals surface area contributed by atoms with E-state index in [9.17, 15) is 5.11 Å². The van der Waals surface area contributed by atoms with Gasteiger partial charge in [-0.15, -0.1) is 0 Å². The van der Waals surface area contributed by atoms with Gasteiger partial charge in [0, 0.05) is 38.3 Å². The monoisotopic (exact) mass is 262 g/mol. The molecule has 0 spiro atoms. The number of hydrogen-bond donors (Lipinski definition) is 1. The van der Waals surface area contributed by atoms with E-state index in [-0.39, 0.29) is 6.61 Å². The van der Waals surface area contributed by atoms with Crippen LogP contribution in [0.1, 0.15) is 24.5 Å². The summed E-state index contributed by atoms with van der Waals surface area (Å²) in [5.41, 5.74) is 2.67. The van der Waals surface area contributed by atoms with E-state index in [1.807, 2.05) is 0 Å². The Morgan fingerprint density at radius 1 is 1.21 bits per heavy atom. The van der Waals surface area contributed by atoms with Crippen LogP contribution in [0.3, 0.4) is 0 Å². The van der Waals surface area contributed by atoms with Gasteiger partial charge in [-0.1, -0.05) is 29.8 Å². The summed E-state index contributed by atoms with van der Waals surface area (Å²) in [5, 5.41) is 9.25. The first-order valence-corrected chi connectivity index (χ1v) is 7.21. The van der Waals surface area contributed by atoms with E-state index in [4.69, 9.17) is 0 Å². The summed E-state index contributed by atoms with van der Waals surface area (Å²) in [6.07, 6.45) is 0.864. The molecular formula is C16H26N2O. The molecule has 19 heavy (non-hydrogen) atoms. The van der Waals surface area contributed by atoms with Crippen LogP contribution in [0.15, 0.2) is 24.3 Å². The first kappa shape index (κ1) is 14.5. The van der Waals surface area contributed by atoms with Crippen LogP contribution in [-0.2, 0) is 6.54 Å². The third-order valence-electron chi connectivity index (χ3n) is 4.23. The highest BCUT2D eigenvalue weighted by atomic mass is 16.3. The van der Waals surface area contributed by atoms with E-state index in [1.54, 1.807) is 0 Å². The Bertz CT molecular complexity index is 390. The summed E-state index contributed by atoms with van der Waals surface area (Å²) < 4.78 is 0. The Kier molecular flexibility index (Phi) is 4.97. The molecule has 1 N–H and O–H groups in total. The van der Waals surface area contributed by atoms with Crippen molar-refractivity contribution < 1.29 is 5.11 Å². The lowest BCUT2D eigenvalue weighted by atomic mass is 10.0. The van der Waals surface area contributed by atoms with Crippen LogP contribution in [0.4, 0.5) is 0 Å². The number of aryl methyl sites for hydroxylation is 1. The zero-order valence-corrected chi connectivity index (χ0v) is 12.3. The minimum atomic E-state index is 0.275. The lowest BCUT2D eigenvalue weighted by Gasteiger charge is -2.44. The number of rotatable bonds is 4. The van der Waals surface area contributed by atoms with Crippen molar-refractivity contribution in [3.8, 4) is 0 Å². The SMILES string of the molecule is Cc1ccc(CN2CC(C)N(C)CC2CCO)cc1. The molecule has 0 aliphatic carbocycles. The van der Waals surface area contributed by atoms with Crippen molar-refractivity contribution in [3.05, 3.63) is 35.4 Å². The maximum Gasteiger partial charge on any atom is 0.0446 e. The van der Waals surface area contributed by atoms with E-state index in [1.165, 1.54) is 11.1 Å². The maximum absolute atomic E-state index is 9.25. The fraction of sp³-hybridized carbons (Fsp3) is 0.625. The molecule has 0 amide bonds. The molecule has 1 aromatic rings. The van der Waals surface area contributed by atoms with E-state index in [2.05, 4.69) is 55.0 Å². The van der Waals surface area contributed by atoms with Crippen molar-refractivity contribution in [2.24, 2.45) is 0 Å². The Hall–Kier alpha value is -0.900. The molecule has 1 aliphatic heterocycles. The van der Waals surface area contributed by atoms with Crippen molar-refractivity contribution in [2.45, 2.75) is 38.9 Å². The molecule has 0 radical (unpaired) electrons. The van der Waals surface area contributed by atoms with Gasteiger partial charge in [0.1, 0.15) is 0 Å². The van der Waals surface area contributed by atoms with Gasteiger partial charge >= 0.3 is 0 Å². The topological polar surface area (TPSA) is 26.7 Å². The van der Waals surface area contributed by atoms with Crippen LogP contribution in [0, 0.1) is 6.92 Å². The van der Waals surface area contributed by atoms with Crippen LogP contribution in [0.25, 0.3) is 0 Å². The molecule has 1 heterocycles. The fourth-order valence-electron chi connectivity index (χ4n) is 2.80. The lowest BCUT2D eigenvalue weighted by molar-refractivity contribution is 0.0338. The highest BCUT2D eigenvalue weighted by Gasteiger charge is 2.28. The van der Waals surface area contributed by atoms with E-state index >= 15 is 0 Å². The predicted octanol–water partition coefficient (Wildman–Crippen LogP) is 1.88. The van der Waals surface area contributed by atoms with Crippen LogP contribution in [0.2, 0.25) is 0 Å². The standard InChI is InChI=1S/C16H26N2O/c1-13-4-6-15(7-5-13)11-18-10-14(2)17(3)12-16(18)8-9-19/h4-7,14,16,19H,8-12H2,1-3H3. The molecule has 1 fully saturated rings. The quantitative estimate of drug-likeness (QED) is 0.897. The van der Waals surface area contributed by atoms with Crippen LogP contribution in [0.5, 0.6) is 0 Å². The van der Waals surface area contributed by atoms with Gasteiger partial charge in [-0.25, -0.2) is 0 Å². The summed E-state index contributed by atoms with van der Waals surface area (Å²) in [6, 6.07) is 9.84. The summed E-state index contributed by atoms with van der Waals surface area (Å²) in [5.74, 6) is 0. The molecule has 0 bridgehead atoms. The van der Waals surface area contributed by atoms with E-state index in [0.717, 1.165) is 26.1 Å². The molecule has 1 aliphatic rings. The smallest absolute Gasteiger partial charge is 0.0446 e. The van der Waals surface area contributed by atoms with Gasteiger partial charge in [0.05, 0.1) is 0 Å². The molecule has 3 nitrogen and oxygen atoms in total. The van der Waals surface area contributed by atoms with Crippen LogP contribution in [-0.4, -0.2) is 53.7 Å². The van der Waals surface area contributed by atoms with E-state index in [0.29, 0.717) is 12.1 Å². The van der Waals surface area contributed by atoms with Crippen molar-refractivity contribution >= 4 is 0 Å². The predicted molar refractivity (Wildman–Crippen MR) is 79.2 cm³/mol. The minimum Gasteiger partial charge on any atom is -0.396 e. The van der Waals surface area contributed by atoms with Gasteiger partial charge in [-0.05, 0) is 32.9 Å². The van der Waals surface area contributed by atoms with Gasteiger partial charge in [-0.3, -0.25) is 4.90 Å². The summed E-state index contributed by atoms with van der Waals surface area (Å²) >= 11 is 0. The zero-order chi connectivity index (χ0) is 13.8. The average Bonchev–Trinajstić information content (AvgIpc) is 2.38. The summed E-state index contributed by atoms with van der Waals surface area (Å²) in [6.45, 7) is 7.79.